The predicted octanol–water partition coefficient (Wildman–Crippen LogP) is 1.43. The second-order valence-corrected chi connectivity index (χ2v) is 8.03. The van der Waals surface area contributed by atoms with Crippen molar-refractivity contribution in [3.8, 4) is 0 Å². The number of guanidine groups is 1. The van der Waals surface area contributed by atoms with Crippen molar-refractivity contribution in [3.05, 3.63) is 12.2 Å². The van der Waals surface area contributed by atoms with E-state index in [1.165, 1.54) is 0 Å². The quantitative estimate of drug-likeness (QED) is 0.572. The minimum absolute atomic E-state index is 0.312. The van der Waals surface area contributed by atoms with Crippen LogP contribution in [0.2, 0.25) is 0 Å². The van der Waals surface area contributed by atoms with Gasteiger partial charge in [-0.2, -0.15) is 0 Å². The molecular weight excluding hydrogens is 324 g/mol. The van der Waals surface area contributed by atoms with Gasteiger partial charge in [0.1, 0.15) is 12.9 Å². The molecule has 0 spiro atoms. The topological polar surface area (TPSA) is 84.2 Å². The number of nitrogens with zero attached hydrogens (tertiary/aromatic N) is 4. The first kappa shape index (κ1) is 18.9. The summed E-state index contributed by atoms with van der Waals surface area (Å²) in [7, 11) is -0.707. The second kappa shape index (κ2) is 9.76. The summed E-state index contributed by atoms with van der Waals surface area (Å²) in [6.45, 7) is 8.28. The normalized spacial score (nSPS) is 23.0. The van der Waals surface area contributed by atoms with Crippen LogP contribution in [0, 0.1) is 0 Å². The molecule has 0 saturated heterocycles. The largest absolute Gasteiger partial charge is 0.357 e. The van der Waals surface area contributed by atoms with Gasteiger partial charge in [-0.15, -0.1) is 10.2 Å². The Labute approximate surface area is 147 Å². The SMILES string of the molecule is CCNC(=NCc1nncn1CC)NC1CCCC(S(=O)CC)C1. The Balaban J connectivity index is 1.97. The van der Waals surface area contributed by atoms with Crippen molar-refractivity contribution >= 4 is 16.8 Å². The van der Waals surface area contributed by atoms with Crippen molar-refractivity contribution in [2.75, 3.05) is 12.3 Å². The van der Waals surface area contributed by atoms with E-state index in [-0.39, 0.29) is 0 Å². The Morgan fingerprint density at radius 3 is 2.96 bits per heavy atom. The summed E-state index contributed by atoms with van der Waals surface area (Å²) in [5, 5.41) is 15.2. The van der Waals surface area contributed by atoms with E-state index < -0.39 is 10.8 Å². The van der Waals surface area contributed by atoms with Gasteiger partial charge >= 0.3 is 0 Å². The summed E-state index contributed by atoms with van der Waals surface area (Å²) in [4.78, 5) is 4.64. The lowest BCUT2D eigenvalue weighted by atomic mass is 9.95. The number of aliphatic imine (C=N–C) groups is 1. The molecule has 1 fully saturated rings. The Morgan fingerprint density at radius 2 is 2.25 bits per heavy atom. The van der Waals surface area contributed by atoms with Crippen molar-refractivity contribution in [2.24, 2.45) is 4.99 Å². The third-order valence-electron chi connectivity index (χ3n) is 4.38. The molecule has 1 aliphatic carbocycles. The Kier molecular flexibility index (Phi) is 7.68. The number of hydrogen-bond acceptors (Lipinski definition) is 4. The zero-order chi connectivity index (χ0) is 17.4. The monoisotopic (exact) mass is 354 g/mol. The molecule has 3 atom stereocenters. The number of nitrogens with one attached hydrogen (secondary N) is 2. The first-order chi connectivity index (χ1) is 11.7. The van der Waals surface area contributed by atoms with Crippen molar-refractivity contribution < 1.29 is 4.21 Å². The van der Waals surface area contributed by atoms with Crippen molar-refractivity contribution in [3.63, 3.8) is 0 Å². The van der Waals surface area contributed by atoms with E-state index in [0.29, 0.717) is 17.8 Å². The summed E-state index contributed by atoms with van der Waals surface area (Å²) in [6.07, 6.45) is 5.99. The third-order valence-corrected chi connectivity index (χ3v) is 6.12. The molecule has 1 heterocycles. The summed E-state index contributed by atoms with van der Waals surface area (Å²) >= 11 is 0. The van der Waals surface area contributed by atoms with Crippen LogP contribution < -0.4 is 10.6 Å². The maximum Gasteiger partial charge on any atom is 0.191 e. The number of hydrogen-bond donors (Lipinski definition) is 2. The summed E-state index contributed by atoms with van der Waals surface area (Å²) in [6, 6.07) is 0.334. The average Bonchev–Trinajstić information content (AvgIpc) is 3.07. The highest BCUT2D eigenvalue weighted by Gasteiger charge is 2.26. The number of aryl methyl sites for hydroxylation is 1. The van der Waals surface area contributed by atoms with E-state index >= 15 is 0 Å². The maximum absolute atomic E-state index is 12.1. The average molecular weight is 355 g/mol. The van der Waals surface area contributed by atoms with Gasteiger partial charge in [-0.25, -0.2) is 4.99 Å². The standard InChI is InChI=1S/C16H30N6OS/c1-4-17-16(18-11-15-21-19-12-22(15)5-2)20-13-8-7-9-14(10-13)24(23)6-3/h12-14H,4-11H2,1-3H3,(H2,17,18,20). The first-order valence-corrected chi connectivity index (χ1v) is 10.3. The number of rotatable bonds is 7. The lowest BCUT2D eigenvalue weighted by Gasteiger charge is -2.30. The van der Waals surface area contributed by atoms with Crippen LogP contribution in [0.4, 0.5) is 0 Å². The molecule has 2 rings (SSSR count). The van der Waals surface area contributed by atoms with Crippen molar-refractivity contribution in [1.82, 2.24) is 25.4 Å². The fraction of sp³-hybridized carbons (Fsp3) is 0.812. The van der Waals surface area contributed by atoms with Gasteiger partial charge in [0.25, 0.3) is 0 Å². The molecule has 0 aliphatic heterocycles. The van der Waals surface area contributed by atoms with E-state index in [0.717, 1.165) is 56.3 Å². The van der Waals surface area contributed by atoms with Crippen molar-refractivity contribution in [1.29, 1.82) is 0 Å². The lowest BCUT2D eigenvalue weighted by Crippen LogP contribution is -2.46. The van der Waals surface area contributed by atoms with Gasteiger partial charge in [-0.1, -0.05) is 13.3 Å². The summed E-state index contributed by atoms with van der Waals surface area (Å²) in [5.41, 5.74) is 0. The van der Waals surface area contributed by atoms with Crippen LogP contribution >= 0.6 is 0 Å². The molecule has 1 aromatic heterocycles. The smallest absolute Gasteiger partial charge is 0.191 e. The molecule has 0 aromatic carbocycles. The molecule has 136 valence electrons. The van der Waals surface area contributed by atoms with Crippen LogP contribution in [0.5, 0.6) is 0 Å². The van der Waals surface area contributed by atoms with E-state index in [9.17, 15) is 4.21 Å². The molecule has 0 bridgehead atoms. The van der Waals surface area contributed by atoms with Gasteiger partial charge in [-0.05, 0) is 33.1 Å². The highest BCUT2D eigenvalue weighted by molar-refractivity contribution is 7.85. The van der Waals surface area contributed by atoms with Gasteiger partial charge in [0, 0.05) is 40.9 Å². The number of aromatic nitrogens is 3. The zero-order valence-electron chi connectivity index (χ0n) is 15.0. The minimum Gasteiger partial charge on any atom is -0.357 e. The third kappa shape index (κ3) is 5.29. The molecule has 1 aliphatic rings. The predicted molar refractivity (Wildman–Crippen MR) is 98.4 cm³/mol. The minimum atomic E-state index is -0.707. The van der Waals surface area contributed by atoms with Crippen LogP contribution in [-0.2, 0) is 23.9 Å². The molecule has 3 unspecified atom stereocenters. The Morgan fingerprint density at radius 1 is 1.42 bits per heavy atom. The van der Waals surface area contributed by atoms with E-state index in [4.69, 9.17) is 0 Å². The molecule has 0 radical (unpaired) electrons. The fourth-order valence-corrected chi connectivity index (χ4v) is 4.43. The fourth-order valence-electron chi connectivity index (χ4n) is 3.08. The van der Waals surface area contributed by atoms with Crippen molar-refractivity contribution in [2.45, 2.75) is 70.8 Å². The van der Waals surface area contributed by atoms with Crippen LogP contribution in [0.3, 0.4) is 0 Å². The van der Waals surface area contributed by atoms with Gasteiger partial charge in [0.2, 0.25) is 0 Å². The van der Waals surface area contributed by atoms with E-state index in [2.05, 4.69) is 39.7 Å². The van der Waals surface area contributed by atoms with Crippen LogP contribution in [-0.4, -0.2) is 48.5 Å². The summed E-state index contributed by atoms with van der Waals surface area (Å²) < 4.78 is 14.1. The Bertz CT molecular complexity index is 559. The highest BCUT2D eigenvalue weighted by Crippen LogP contribution is 2.23. The molecule has 0 amide bonds. The van der Waals surface area contributed by atoms with E-state index in [1.807, 2.05) is 11.5 Å². The molecule has 1 saturated carbocycles. The Hall–Kier alpha value is -1.44. The van der Waals surface area contributed by atoms with Gasteiger partial charge in [0.05, 0.1) is 0 Å². The molecule has 7 nitrogen and oxygen atoms in total. The lowest BCUT2D eigenvalue weighted by molar-refractivity contribution is 0.413. The van der Waals surface area contributed by atoms with Crippen LogP contribution in [0.1, 0.15) is 52.3 Å². The van der Waals surface area contributed by atoms with E-state index in [1.54, 1.807) is 6.33 Å². The molecule has 2 N–H and O–H groups in total. The molecule has 24 heavy (non-hydrogen) atoms. The molecule has 1 aromatic rings. The van der Waals surface area contributed by atoms with Gasteiger partial charge in [-0.3, -0.25) is 4.21 Å². The maximum atomic E-state index is 12.1. The second-order valence-electron chi connectivity index (χ2n) is 6.03. The van der Waals surface area contributed by atoms with Gasteiger partial charge < -0.3 is 15.2 Å². The van der Waals surface area contributed by atoms with Gasteiger partial charge in [0.15, 0.2) is 11.8 Å². The van der Waals surface area contributed by atoms with Crippen LogP contribution in [0.15, 0.2) is 11.3 Å². The summed E-state index contributed by atoms with van der Waals surface area (Å²) in [5.74, 6) is 2.41. The highest BCUT2D eigenvalue weighted by atomic mass is 32.2. The molecule has 8 heteroatoms. The molecular formula is C16H30N6OS. The van der Waals surface area contributed by atoms with Crippen LogP contribution in [0.25, 0.3) is 0 Å². The zero-order valence-corrected chi connectivity index (χ0v) is 15.8. The first-order valence-electron chi connectivity index (χ1n) is 8.96.